The van der Waals surface area contributed by atoms with Gasteiger partial charge in [-0.1, -0.05) is 23.7 Å². The maximum atomic E-state index is 12.1. The molecule has 0 aliphatic rings. The van der Waals surface area contributed by atoms with E-state index in [0.717, 1.165) is 4.90 Å². The number of anilines is 2. The topological polar surface area (TPSA) is 92.9 Å². The number of carbonyl (C=O) groups is 2. The third-order valence-electron chi connectivity index (χ3n) is 3.04. The monoisotopic (exact) mass is 334 g/mol. The van der Waals surface area contributed by atoms with Crippen molar-refractivity contribution in [3.8, 4) is 5.75 Å². The first-order valence-corrected chi connectivity index (χ1v) is 7.17. The molecule has 0 heterocycles. The fourth-order valence-electron chi connectivity index (χ4n) is 2.09. The number of nitrogens with zero attached hydrogens (tertiary/aromatic N) is 1. The number of benzene rings is 2. The maximum absolute atomic E-state index is 12.1. The molecule has 0 saturated heterocycles. The van der Waals surface area contributed by atoms with E-state index < -0.39 is 12.0 Å². The van der Waals surface area contributed by atoms with Gasteiger partial charge >= 0.3 is 12.0 Å². The molecule has 2 aromatic carbocycles. The van der Waals surface area contributed by atoms with Crippen molar-refractivity contribution in [2.75, 3.05) is 11.5 Å². The summed E-state index contributed by atoms with van der Waals surface area (Å²) >= 11 is 5.92. The van der Waals surface area contributed by atoms with E-state index in [0.29, 0.717) is 5.02 Å². The zero-order chi connectivity index (χ0) is 17.0. The molecule has 3 N–H and O–H groups in total. The molecule has 0 aliphatic heterocycles. The molecule has 120 valence electrons. The molecule has 0 aliphatic carbocycles. The summed E-state index contributed by atoms with van der Waals surface area (Å²) in [5.74, 6) is -0.803. The van der Waals surface area contributed by atoms with Gasteiger partial charge in [0.25, 0.3) is 0 Å². The van der Waals surface area contributed by atoms with Crippen molar-refractivity contribution < 1.29 is 19.4 Å². The van der Waals surface area contributed by atoms with Crippen LogP contribution in [0.25, 0.3) is 0 Å². The van der Waals surface area contributed by atoms with E-state index in [4.69, 9.17) is 22.1 Å². The number of phenols is 1. The second-order valence-corrected chi connectivity index (χ2v) is 4.98. The van der Waals surface area contributed by atoms with Gasteiger partial charge in [0, 0.05) is 5.02 Å². The Kier molecular flexibility index (Phi) is 5.08. The Morgan fingerprint density at radius 2 is 1.91 bits per heavy atom. The van der Waals surface area contributed by atoms with E-state index in [-0.39, 0.29) is 29.3 Å². The van der Waals surface area contributed by atoms with E-state index in [9.17, 15) is 14.7 Å². The fraction of sp³-hybridized carbons (Fsp3) is 0.125. The van der Waals surface area contributed by atoms with Crippen LogP contribution in [0.3, 0.4) is 0 Å². The van der Waals surface area contributed by atoms with Crippen LogP contribution in [0, 0.1) is 0 Å². The van der Waals surface area contributed by atoms with Crippen molar-refractivity contribution in [3.63, 3.8) is 0 Å². The average Bonchev–Trinajstić information content (AvgIpc) is 2.51. The SMILES string of the molecule is CCOC(=O)c1ccccc1N(C(N)=O)c1cc(Cl)ccc1O. The zero-order valence-electron chi connectivity index (χ0n) is 12.3. The summed E-state index contributed by atoms with van der Waals surface area (Å²) in [5, 5.41) is 10.3. The van der Waals surface area contributed by atoms with Crippen molar-refractivity contribution >= 4 is 35.0 Å². The van der Waals surface area contributed by atoms with Crippen LogP contribution in [-0.4, -0.2) is 23.7 Å². The van der Waals surface area contributed by atoms with Gasteiger partial charge in [0.15, 0.2) is 0 Å². The summed E-state index contributed by atoms with van der Waals surface area (Å²) < 4.78 is 4.98. The molecule has 0 spiro atoms. The minimum atomic E-state index is -0.876. The largest absolute Gasteiger partial charge is 0.506 e. The smallest absolute Gasteiger partial charge is 0.340 e. The Morgan fingerprint density at radius 1 is 1.22 bits per heavy atom. The fourth-order valence-corrected chi connectivity index (χ4v) is 2.26. The van der Waals surface area contributed by atoms with Gasteiger partial charge in [0.1, 0.15) is 5.75 Å². The molecule has 0 atom stereocenters. The minimum Gasteiger partial charge on any atom is -0.506 e. The second kappa shape index (κ2) is 7.02. The van der Waals surface area contributed by atoms with Crippen molar-refractivity contribution in [2.24, 2.45) is 5.73 Å². The van der Waals surface area contributed by atoms with E-state index in [1.54, 1.807) is 19.1 Å². The van der Waals surface area contributed by atoms with Crippen molar-refractivity contribution in [1.82, 2.24) is 0 Å². The summed E-state index contributed by atoms with van der Waals surface area (Å²) in [5.41, 5.74) is 5.85. The highest BCUT2D eigenvalue weighted by atomic mass is 35.5. The number of nitrogens with two attached hydrogens (primary N) is 1. The summed E-state index contributed by atoms with van der Waals surface area (Å²) in [6.07, 6.45) is 0. The number of hydrogen-bond acceptors (Lipinski definition) is 4. The Hall–Kier alpha value is -2.73. The summed E-state index contributed by atoms with van der Waals surface area (Å²) in [7, 11) is 0. The van der Waals surface area contributed by atoms with Crippen LogP contribution < -0.4 is 10.6 Å². The molecular formula is C16H15ClN2O4. The Bertz CT molecular complexity index is 749. The van der Waals surface area contributed by atoms with E-state index >= 15 is 0 Å². The summed E-state index contributed by atoms with van der Waals surface area (Å²) in [6.45, 7) is 1.86. The predicted molar refractivity (Wildman–Crippen MR) is 87.2 cm³/mol. The van der Waals surface area contributed by atoms with Crippen LogP contribution in [-0.2, 0) is 4.74 Å². The Balaban J connectivity index is 2.62. The molecule has 0 bridgehead atoms. The lowest BCUT2D eigenvalue weighted by atomic mass is 10.1. The molecular weight excluding hydrogens is 320 g/mol. The van der Waals surface area contributed by atoms with Gasteiger partial charge in [-0.15, -0.1) is 0 Å². The molecule has 0 aromatic heterocycles. The molecule has 2 amide bonds. The highest BCUT2D eigenvalue weighted by Crippen LogP contribution is 2.36. The normalized spacial score (nSPS) is 10.2. The number of primary amides is 1. The van der Waals surface area contributed by atoms with Crippen LogP contribution in [0.15, 0.2) is 42.5 Å². The quantitative estimate of drug-likeness (QED) is 0.837. The Morgan fingerprint density at radius 3 is 2.57 bits per heavy atom. The van der Waals surface area contributed by atoms with Crippen LogP contribution in [0.2, 0.25) is 5.02 Å². The number of urea groups is 1. The van der Waals surface area contributed by atoms with Gasteiger partial charge in [-0.2, -0.15) is 0 Å². The third kappa shape index (κ3) is 3.54. The predicted octanol–water partition coefficient (Wildman–Crippen LogP) is 3.44. The van der Waals surface area contributed by atoms with Gasteiger partial charge in [-0.25, -0.2) is 9.59 Å². The number of carbonyl (C=O) groups excluding carboxylic acids is 2. The number of ether oxygens (including phenoxy) is 1. The number of aromatic hydroxyl groups is 1. The average molecular weight is 335 g/mol. The highest BCUT2D eigenvalue weighted by molar-refractivity contribution is 6.31. The summed E-state index contributed by atoms with van der Waals surface area (Å²) in [4.78, 5) is 25.0. The van der Waals surface area contributed by atoms with Gasteiger partial charge < -0.3 is 15.6 Å². The van der Waals surface area contributed by atoms with Crippen molar-refractivity contribution in [2.45, 2.75) is 6.92 Å². The van der Waals surface area contributed by atoms with Gasteiger partial charge in [0.05, 0.1) is 23.5 Å². The molecule has 23 heavy (non-hydrogen) atoms. The van der Waals surface area contributed by atoms with Crippen LogP contribution in [0.5, 0.6) is 5.75 Å². The number of esters is 1. The molecule has 6 nitrogen and oxygen atoms in total. The van der Waals surface area contributed by atoms with Crippen LogP contribution >= 0.6 is 11.6 Å². The summed E-state index contributed by atoms with van der Waals surface area (Å²) in [6, 6.07) is 9.60. The van der Waals surface area contributed by atoms with Gasteiger partial charge in [-0.05, 0) is 37.3 Å². The van der Waals surface area contributed by atoms with Gasteiger partial charge in [-0.3, -0.25) is 4.90 Å². The molecule has 0 fully saturated rings. The van der Waals surface area contributed by atoms with Crippen LogP contribution in [0.4, 0.5) is 16.2 Å². The molecule has 2 rings (SSSR count). The number of hydrogen-bond donors (Lipinski definition) is 2. The van der Waals surface area contributed by atoms with E-state index in [2.05, 4.69) is 0 Å². The molecule has 0 radical (unpaired) electrons. The lowest BCUT2D eigenvalue weighted by Gasteiger charge is -2.23. The second-order valence-electron chi connectivity index (χ2n) is 4.54. The highest BCUT2D eigenvalue weighted by Gasteiger charge is 2.24. The van der Waals surface area contributed by atoms with Crippen molar-refractivity contribution in [1.29, 1.82) is 0 Å². The zero-order valence-corrected chi connectivity index (χ0v) is 13.1. The number of phenolic OH excluding ortho intramolecular Hbond substituents is 1. The maximum Gasteiger partial charge on any atom is 0.340 e. The molecule has 2 aromatic rings. The standard InChI is InChI=1S/C16H15ClN2O4/c1-2-23-15(21)11-5-3-4-6-12(11)19(16(18)22)13-9-10(17)7-8-14(13)20/h3-9,20H,2H2,1H3,(H2,18,22). The first-order valence-electron chi connectivity index (χ1n) is 6.80. The Labute approximate surface area is 138 Å². The minimum absolute atomic E-state index is 0.0711. The lowest BCUT2D eigenvalue weighted by Crippen LogP contribution is -2.32. The molecule has 0 unspecified atom stereocenters. The molecule has 0 saturated carbocycles. The van der Waals surface area contributed by atoms with E-state index in [1.807, 2.05) is 0 Å². The number of amides is 2. The third-order valence-corrected chi connectivity index (χ3v) is 3.27. The lowest BCUT2D eigenvalue weighted by molar-refractivity contribution is 0.0527. The number of para-hydroxylation sites is 1. The van der Waals surface area contributed by atoms with Gasteiger partial charge in [0.2, 0.25) is 0 Å². The van der Waals surface area contributed by atoms with E-state index in [1.165, 1.54) is 30.3 Å². The van der Waals surface area contributed by atoms with Crippen molar-refractivity contribution in [3.05, 3.63) is 53.1 Å². The first kappa shape index (κ1) is 16.6. The molecule has 7 heteroatoms. The number of halogens is 1. The van der Waals surface area contributed by atoms with Crippen LogP contribution in [0.1, 0.15) is 17.3 Å². The number of rotatable bonds is 4. The first-order chi connectivity index (χ1) is 11.0.